The van der Waals surface area contributed by atoms with Gasteiger partial charge in [0.1, 0.15) is 0 Å². The van der Waals surface area contributed by atoms with Gasteiger partial charge >= 0.3 is 0 Å². The topological polar surface area (TPSA) is 32.3 Å². The van der Waals surface area contributed by atoms with Gasteiger partial charge in [-0.15, -0.1) is 0 Å². The van der Waals surface area contributed by atoms with E-state index in [-0.39, 0.29) is 5.41 Å². The van der Waals surface area contributed by atoms with Crippen molar-refractivity contribution in [3.05, 3.63) is 33.8 Å². The highest BCUT2D eigenvalue weighted by molar-refractivity contribution is 9.10. The first-order valence-corrected chi connectivity index (χ1v) is 8.14. The predicted molar refractivity (Wildman–Crippen MR) is 81.2 cm³/mol. The van der Waals surface area contributed by atoms with Gasteiger partial charge in [-0.25, -0.2) is 0 Å². The molecule has 0 amide bonds. The molecule has 1 fully saturated rings. The minimum absolute atomic E-state index is 0.151. The number of aliphatic hydroxyl groups excluding tert-OH is 1. The molecule has 104 valence electrons. The second-order valence-electron chi connectivity index (χ2n) is 6.18. The summed E-state index contributed by atoms with van der Waals surface area (Å²) in [5, 5.41) is 13.4. The van der Waals surface area contributed by atoms with Crippen molar-refractivity contribution in [2.75, 3.05) is 13.2 Å². The molecule has 1 aromatic rings. The van der Waals surface area contributed by atoms with Crippen LogP contribution in [0.1, 0.15) is 49.3 Å². The zero-order chi connectivity index (χ0) is 13.3. The molecule has 0 saturated heterocycles. The van der Waals surface area contributed by atoms with Gasteiger partial charge < -0.3 is 10.4 Å². The molecular weight excluding hydrogens is 302 g/mol. The number of rotatable bonds is 4. The normalized spacial score (nSPS) is 24.6. The Morgan fingerprint density at radius 1 is 1.32 bits per heavy atom. The fraction of sp³-hybridized carbons (Fsp3) is 0.625. The maximum Gasteiger partial charge on any atom is 0.0499 e. The molecule has 1 atom stereocenters. The van der Waals surface area contributed by atoms with Crippen LogP contribution in [0, 0.1) is 5.41 Å². The molecule has 19 heavy (non-hydrogen) atoms. The number of hydrogen-bond donors (Lipinski definition) is 2. The summed E-state index contributed by atoms with van der Waals surface area (Å²) in [6.45, 7) is 1.30. The lowest BCUT2D eigenvalue weighted by molar-refractivity contribution is 0.124. The van der Waals surface area contributed by atoms with Crippen molar-refractivity contribution >= 4 is 15.9 Å². The second-order valence-corrected chi connectivity index (χ2v) is 7.10. The second kappa shape index (κ2) is 5.55. The zero-order valence-electron chi connectivity index (χ0n) is 11.3. The van der Waals surface area contributed by atoms with Crippen LogP contribution in [0.25, 0.3) is 0 Å². The molecular formula is C16H22BrNO. The van der Waals surface area contributed by atoms with E-state index in [1.54, 1.807) is 0 Å². The number of aryl methyl sites for hydroxylation is 1. The Morgan fingerprint density at radius 3 is 2.84 bits per heavy atom. The van der Waals surface area contributed by atoms with Crippen molar-refractivity contribution in [3.8, 4) is 0 Å². The highest BCUT2D eigenvalue weighted by Crippen LogP contribution is 2.39. The Morgan fingerprint density at radius 2 is 2.11 bits per heavy atom. The third-order valence-electron chi connectivity index (χ3n) is 4.91. The van der Waals surface area contributed by atoms with Crippen molar-refractivity contribution in [3.63, 3.8) is 0 Å². The van der Waals surface area contributed by atoms with Crippen LogP contribution in [-0.2, 0) is 6.42 Å². The maximum absolute atomic E-state index is 9.68. The average Bonchev–Trinajstić information content (AvgIpc) is 3.03. The van der Waals surface area contributed by atoms with E-state index < -0.39 is 0 Å². The van der Waals surface area contributed by atoms with Crippen molar-refractivity contribution in [1.82, 2.24) is 5.32 Å². The number of halogens is 1. The van der Waals surface area contributed by atoms with Gasteiger partial charge in [0.15, 0.2) is 0 Å². The molecule has 2 aliphatic carbocycles. The van der Waals surface area contributed by atoms with Crippen LogP contribution in [0.15, 0.2) is 22.7 Å². The third-order valence-corrected chi connectivity index (χ3v) is 5.40. The third kappa shape index (κ3) is 2.74. The van der Waals surface area contributed by atoms with Crippen LogP contribution in [0.5, 0.6) is 0 Å². The van der Waals surface area contributed by atoms with Gasteiger partial charge in [0, 0.05) is 29.1 Å². The summed E-state index contributed by atoms with van der Waals surface area (Å²) in [7, 11) is 0. The van der Waals surface area contributed by atoms with E-state index in [1.807, 2.05) is 0 Å². The summed E-state index contributed by atoms with van der Waals surface area (Å²) in [5.74, 6) is 0. The Labute approximate surface area is 123 Å². The van der Waals surface area contributed by atoms with Crippen LogP contribution in [0.4, 0.5) is 0 Å². The van der Waals surface area contributed by atoms with Gasteiger partial charge in [-0.3, -0.25) is 0 Å². The Balaban J connectivity index is 1.66. The molecule has 0 spiro atoms. The van der Waals surface area contributed by atoms with Crippen molar-refractivity contribution in [2.24, 2.45) is 5.41 Å². The van der Waals surface area contributed by atoms with Gasteiger partial charge in [-0.2, -0.15) is 0 Å². The van der Waals surface area contributed by atoms with Crippen LogP contribution in [-0.4, -0.2) is 18.3 Å². The Bertz CT molecular complexity index is 454. The van der Waals surface area contributed by atoms with Crippen LogP contribution >= 0.6 is 15.9 Å². The fourth-order valence-corrected chi connectivity index (χ4v) is 4.06. The monoisotopic (exact) mass is 323 g/mol. The standard InChI is InChI=1S/C16H22BrNO/c17-13-4-5-14-12(9-13)3-6-15(14)18-10-16(11-19)7-1-2-8-16/h4-5,9,15,18-19H,1-3,6-8,10-11H2. The lowest BCUT2D eigenvalue weighted by Gasteiger charge is -2.29. The molecule has 0 heterocycles. The molecule has 3 rings (SSSR count). The van der Waals surface area contributed by atoms with Gasteiger partial charge in [0.2, 0.25) is 0 Å². The minimum Gasteiger partial charge on any atom is -0.396 e. The van der Waals surface area contributed by atoms with Crippen LogP contribution < -0.4 is 5.32 Å². The van der Waals surface area contributed by atoms with Crippen molar-refractivity contribution in [2.45, 2.75) is 44.6 Å². The van der Waals surface area contributed by atoms with E-state index in [4.69, 9.17) is 0 Å². The number of benzene rings is 1. The summed E-state index contributed by atoms with van der Waals surface area (Å²) in [6.07, 6.45) is 7.26. The number of nitrogens with one attached hydrogen (secondary N) is 1. The summed E-state index contributed by atoms with van der Waals surface area (Å²) in [4.78, 5) is 0. The zero-order valence-corrected chi connectivity index (χ0v) is 12.9. The SMILES string of the molecule is OCC1(CNC2CCc3cc(Br)ccc32)CCCC1. The fourth-order valence-electron chi connectivity index (χ4n) is 3.65. The molecule has 0 radical (unpaired) electrons. The molecule has 2 aliphatic rings. The minimum atomic E-state index is 0.151. The first-order valence-electron chi connectivity index (χ1n) is 7.35. The molecule has 0 bridgehead atoms. The smallest absolute Gasteiger partial charge is 0.0499 e. The summed E-state index contributed by atoms with van der Waals surface area (Å²) < 4.78 is 1.18. The lowest BCUT2D eigenvalue weighted by Crippen LogP contribution is -2.36. The van der Waals surface area contributed by atoms with Crippen molar-refractivity contribution < 1.29 is 5.11 Å². The van der Waals surface area contributed by atoms with E-state index >= 15 is 0 Å². The Kier molecular flexibility index (Phi) is 3.97. The maximum atomic E-state index is 9.68. The highest BCUT2D eigenvalue weighted by Gasteiger charge is 2.34. The van der Waals surface area contributed by atoms with E-state index in [0.29, 0.717) is 12.6 Å². The molecule has 0 aromatic heterocycles. The number of fused-ring (bicyclic) bond motifs is 1. The van der Waals surface area contributed by atoms with E-state index in [2.05, 4.69) is 39.4 Å². The van der Waals surface area contributed by atoms with Gasteiger partial charge in [0.05, 0.1) is 0 Å². The number of hydrogen-bond acceptors (Lipinski definition) is 2. The first kappa shape index (κ1) is 13.6. The van der Waals surface area contributed by atoms with Gasteiger partial charge in [-0.05, 0) is 48.9 Å². The molecule has 0 aliphatic heterocycles. The predicted octanol–water partition coefficient (Wildman–Crippen LogP) is 3.58. The molecule has 1 aromatic carbocycles. The van der Waals surface area contributed by atoms with Crippen LogP contribution in [0.3, 0.4) is 0 Å². The average molecular weight is 324 g/mol. The largest absolute Gasteiger partial charge is 0.396 e. The lowest BCUT2D eigenvalue weighted by atomic mass is 9.87. The molecule has 3 heteroatoms. The molecule has 1 unspecified atom stereocenters. The molecule has 1 saturated carbocycles. The van der Waals surface area contributed by atoms with Crippen LogP contribution in [0.2, 0.25) is 0 Å². The quantitative estimate of drug-likeness (QED) is 0.887. The summed E-state index contributed by atoms with van der Waals surface area (Å²) >= 11 is 3.54. The Hall–Kier alpha value is -0.380. The summed E-state index contributed by atoms with van der Waals surface area (Å²) in [6, 6.07) is 7.10. The highest BCUT2D eigenvalue weighted by atomic mass is 79.9. The van der Waals surface area contributed by atoms with E-state index in [1.165, 1.54) is 54.1 Å². The van der Waals surface area contributed by atoms with Gasteiger partial charge in [-0.1, -0.05) is 34.8 Å². The van der Waals surface area contributed by atoms with Crippen molar-refractivity contribution in [1.29, 1.82) is 0 Å². The number of aliphatic hydroxyl groups is 1. The summed E-state index contributed by atoms with van der Waals surface area (Å²) in [5.41, 5.74) is 3.07. The molecule has 2 N–H and O–H groups in total. The van der Waals surface area contributed by atoms with E-state index in [9.17, 15) is 5.11 Å². The first-order chi connectivity index (χ1) is 9.22. The molecule has 2 nitrogen and oxygen atoms in total. The van der Waals surface area contributed by atoms with Gasteiger partial charge in [0.25, 0.3) is 0 Å². The van der Waals surface area contributed by atoms with E-state index in [0.717, 1.165) is 6.54 Å².